The van der Waals surface area contributed by atoms with Crippen LogP contribution in [-0.4, -0.2) is 34.3 Å². The first-order valence-corrected chi connectivity index (χ1v) is 5.05. The van der Waals surface area contributed by atoms with Gasteiger partial charge in [-0.15, -0.1) is 10.2 Å². The van der Waals surface area contributed by atoms with Crippen molar-refractivity contribution in [3.63, 3.8) is 0 Å². The Morgan fingerprint density at radius 1 is 1.50 bits per heavy atom. The van der Waals surface area contributed by atoms with Gasteiger partial charge in [0.25, 0.3) is 0 Å². The summed E-state index contributed by atoms with van der Waals surface area (Å²) >= 11 is 0. The summed E-state index contributed by atoms with van der Waals surface area (Å²) in [5.41, 5.74) is 0. The minimum Gasteiger partial charge on any atom is -0.366 e. The first-order valence-electron chi connectivity index (χ1n) is 5.05. The Hall–Kier alpha value is -1.23. The summed E-state index contributed by atoms with van der Waals surface area (Å²) in [4.78, 5) is 3.89. The molecule has 5 heteroatoms. The van der Waals surface area contributed by atoms with E-state index in [2.05, 4.69) is 25.8 Å². The van der Waals surface area contributed by atoms with Crippen molar-refractivity contribution in [3.05, 3.63) is 12.5 Å². The number of nitrogens with zero attached hydrogens (tertiary/aromatic N) is 3. The van der Waals surface area contributed by atoms with Gasteiger partial charge in [-0.1, -0.05) is 6.42 Å². The first-order chi connectivity index (χ1) is 6.95. The molecule has 0 amide bonds. The zero-order valence-electron chi connectivity index (χ0n) is 8.11. The average Bonchev–Trinajstić information content (AvgIpc) is 2.29. The molecule has 14 heavy (non-hydrogen) atoms. The van der Waals surface area contributed by atoms with Gasteiger partial charge < -0.3 is 10.6 Å². The summed E-state index contributed by atoms with van der Waals surface area (Å²) in [5, 5.41) is 14.3. The number of rotatable bonds is 3. The monoisotopic (exact) mass is 193 g/mol. The van der Waals surface area contributed by atoms with Crippen molar-refractivity contribution in [2.75, 3.05) is 18.4 Å². The Morgan fingerprint density at radius 3 is 3.21 bits per heavy atom. The smallest absolute Gasteiger partial charge is 0.167 e. The summed E-state index contributed by atoms with van der Waals surface area (Å²) in [6.07, 6.45) is 6.97. The summed E-state index contributed by atoms with van der Waals surface area (Å²) in [6.45, 7) is 2.03. The summed E-state index contributed by atoms with van der Waals surface area (Å²) in [6, 6.07) is 0.561. The Bertz CT molecular complexity index is 257. The number of hydrogen-bond acceptors (Lipinski definition) is 5. The van der Waals surface area contributed by atoms with Crippen molar-refractivity contribution < 1.29 is 0 Å². The van der Waals surface area contributed by atoms with Crippen LogP contribution in [0.5, 0.6) is 0 Å². The lowest BCUT2D eigenvalue weighted by molar-refractivity contribution is 0.414. The van der Waals surface area contributed by atoms with Crippen LogP contribution in [0, 0.1) is 0 Å². The highest BCUT2D eigenvalue weighted by molar-refractivity contribution is 5.28. The number of piperidine rings is 1. The van der Waals surface area contributed by atoms with Gasteiger partial charge in [0, 0.05) is 12.6 Å². The molecule has 76 valence electrons. The Kier molecular flexibility index (Phi) is 3.24. The van der Waals surface area contributed by atoms with Crippen molar-refractivity contribution >= 4 is 5.82 Å². The minimum atomic E-state index is 0.561. The van der Waals surface area contributed by atoms with Crippen molar-refractivity contribution in [1.82, 2.24) is 20.5 Å². The minimum absolute atomic E-state index is 0.561. The average molecular weight is 193 g/mol. The third-order valence-electron chi connectivity index (χ3n) is 2.42. The lowest BCUT2D eigenvalue weighted by Crippen LogP contribution is -2.39. The van der Waals surface area contributed by atoms with Gasteiger partial charge in [0.05, 0.1) is 6.20 Å². The highest BCUT2D eigenvalue weighted by Crippen LogP contribution is 2.07. The molecule has 1 fully saturated rings. The standard InChI is InChI=1S/C9H15N5/c1-2-4-11-8(3-1)5-12-9-6-10-7-13-14-9/h6-8,11H,1-5H2,(H,12,14). The van der Waals surface area contributed by atoms with Crippen LogP contribution >= 0.6 is 0 Å². The SMILES string of the molecule is c1ncc(NCC2CCCCN2)nn1. The summed E-state index contributed by atoms with van der Waals surface area (Å²) in [7, 11) is 0. The first kappa shape index (κ1) is 9.33. The molecule has 0 aliphatic carbocycles. The molecule has 2 heterocycles. The number of nitrogens with one attached hydrogen (secondary N) is 2. The highest BCUT2D eigenvalue weighted by atomic mass is 15.2. The van der Waals surface area contributed by atoms with E-state index in [4.69, 9.17) is 0 Å². The molecule has 0 aromatic carbocycles. The molecule has 1 atom stereocenters. The maximum absolute atomic E-state index is 3.91. The second-order valence-electron chi connectivity index (χ2n) is 3.52. The molecule has 1 aromatic heterocycles. The number of anilines is 1. The molecule has 0 saturated carbocycles. The van der Waals surface area contributed by atoms with Crippen molar-refractivity contribution in [2.45, 2.75) is 25.3 Å². The van der Waals surface area contributed by atoms with Crippen LogP contribution in [0.4, 0.5) is 5.82 Å². The van der Waals surface area contributed by atoms with E-state index in [-0.39, 0.29) is 0 Å². The van der Waals surface area contributed by atoms with Crippen molar-refractivity contribution in [1.29, 1.82) is 0 Å². The van der Waals surface area contributed by atoms with Gasteiger partial charge in [-0.25, -0.2) is 4.98 Å². The fourth-order valence-electron chi connectivity index (χ4n) is 1.65. The van der Waals surface area contributed by atoms with Crippen molar-refractivity contribution in [2.24, 2.45) is 0 Å². The fourth-order valence-corrected chi connectivity index (χ4v) is 1.65. The predicted octanol–water partition coefficient (Wildman–Crippen LogP) is 0.426. The third kappa shape index (κ3) is 2.63. The topological polar surface area (TPSA) is 62.7 Å². The molecule has 0 radical (unpaired) electrons. The Morgan fingerprint density at radius 2 is 2.50 bits per heavy atom. The quantitative estimate of drug-likeness (QED) is 0.728. The normalized spacial score (nSPS) is 21.9. The molecule has 0 spiro atoms. The zero-order chi connectivity index (χ0) is 9.64. The predicted molar refractivity (Wildman–Crippen MR) is 54.0 cm³/mol. The van der Waals surface area contributed by atoms with Gasteiger partial charge in [-0.3, -0.25) is 0 Å². The van der Waals surface area contributed by atoms with E-state index in [1.165, 1.54) is 25.6 Å². The van der Waals surface area contributed by atoms with Crippen LogP contribution in [0.3, 0.4) is 0 Å². The Balaban J connectivity index is 1.76. The summed E-state index contributed by atoms with van der Waals surface area (Å²) < 4.78 is 0. The zero-order valence-corrected chi connectivity index (χ0v) is 8.11. The maximum atomic E-state index is 3.91. The van der Waals surface area contributed by atoms with Crippen molar-refractivity contribution in [3.8, 4) is 0 Å². The lowest BCUT2D eigenvalue weighted by Gasteiger charge is -2.23. The van der Waals surface area contributed by atoms with Gasteiger partial charge in [0.2, 0.25) is 0 Å². The Labute approximate surface area is 83.3 Å². The van der Waals surface area contributed by atoms with Gasteiger partial charge in [0.1, 0.15) is 6.33 Å². The number of aromatic nitrogens is 3. The van der Waals surface area contributed by atoms with E-state index >= 15 is 0 Å². The van der Waals surface area contributed by atoms with Crippen LogP contribution in [0.1, 0.15) is 19.3 Å². The molecule has 1 unspecified atom stereocenters. The molecular formula is C9H15N5. The van der Waals surface area contributed by atoms with E-state index in [0.717, 1.165) is 18.9 Å². The molecular weight excluding hydrogens is 178 g/mol. The molecule has 1 aromatic rings. The number of hydrogen-bond donors (Lipinski definition) is 2. The van der Waals surface area contributed by atoms with E-state index in [1.807, 2.05) is 0 Å². The van der Waals surface area contributed by atoms with Crippen LogP contribution in [0.2, 0.25) is 0 Å². The largest absolute Gasteiger partial charge is 0.366 e. The van der Waals surface area contributed by atoms with Crippen LogP contribution in [0.25, 0.3) is 0 Å². The maximum Gasteiger partial charge on any atom is 0.167 e. The third-order valence-corrected chi connectivity index (χ3v) is 2.42. The summed E-state index contributed by atoms with van der Waals surface area (Å²) in [5.74, 6) is 0.750. The van der Waals surface area contributed by atoms with Gasteiger partial charge in [0.15, 0.2) is 5.82 Å². The van der Waals surface area contributed by atoms with E-state index in [9.17, 15) is 0 Å². The molecule has 0 bridgehead atoms. The molecule has 2 rings (SSSR count). The molecule has 1 aliphatic heterocycles. The second-order valence-corrected chi connectivity index (χ2v) is 3.52. The second kappa shape index (κ2) is 4.85. The van der Waals surface area contributed by atoms with E-state index < -0.39 is 0 Å². The molecule has 2 N–H and O–H groups in total. The van der Waals surface area contributed by atoms with Crippen LogP contribution in [-0.2, 0) is 0 Å². The van der Waals surface area contributed by atoms with Gasteiger partial charge >= 0.3 is 0 Å². The van der Waals surface area contributed by atoms with E-state index in [1.54, 1.807) is 6.20 Å². The highest BCUT2D eigenvalue weighted by Gasteiger charge is 2.11. The van der Waals surface area contributed by atoms with E-state index in [0.29, 0.717) is 6.04 Å². The van der Waals surface area contributed by atoms with Crippen LogP contribution in [0.15, 0.2) is 12.5 Å². The van der Waals surface area contributed by atoms with Crippen LogP contribution < -0.4 is 10.6 Å². The lowest BCUT2D eigenvalue weighted by atomic mass is 10.1. The molecule has 1 aliphatic rings. The molecule has 1 saturated heterocycles. The van der Waals surface area contributed by atoms with Gasteiger partial charge in [-0.05, 0) is 19.4 Å². The fraction of sp³-hybridized carbons (Fsp3) is 0.667. The van der Waals surface area contributed by atoms with Gasteiger partial charge in [-0.2, -0.15) is 0 Å². The molecule has 5 nitrogen and oxygen atoms in total.